The second-order valence-corrected chi connectivity index (χ2v) is 3.68. The highest BCUT2D eigenvalue weighted by Gasteiger charge is 2.05. The van der Waals surface area contributed by atoms with Crippen LogP contribution in [0, 0.1) is 13.8 Å². The van der Waals surface area contributed by atoms with E-state index in [0.717, 1.165) is 11.9 Å². The molecule has 1 heteroatoms. The average Bonchev–Trinajstić information content (AvgIpc) is 2.23. The fraction of sp³-hybridized carbons (Fsp3) is 0.308. The third-order valence-electron chi connectivity index (χ3n) is 2.89. The van der Waals surface area contributed by atoms with E-state index < -0.39 is 0 Å². The second-order valence-electron chi connectivity index (χ2n) is 3.68. The predicted octanol–water partition coefficient (Wildman–Crippen LogP) is 3.41. The molecule has 2 aromatic rings. The maximum absolute atomic E-state index is 4.65. The van der Waals surface area contributed by atoms with Crippen LogP contribution in [0.15, 0.2) is 24.3 Å². The van der Waals surface area contributed by atoms with Crippen molar-refractivity contribution < 1.29 is 0 Å². The number of hydrogen-bond donors (Lipinski definition) is 0. The molecule has 1 nitrogen and oxygen atoms in total. The fourth-order valence-electron chi connectivity index (χ4n) is 1.88. The highest BCUT2D eigenvalue weighted by atomic mass is 14.7. The smallest absolute Gasteiger partial charge is 0.0708 e. The van der Waals surface area contributed by atoms with Crippen LogP contribution in [0.2, 0.25) is 0 Å². The first-order chi connectivity index (χ1) is 6.74. The van der Waals surface area contributed by atoms with Crippen molar-refractivity contribution in [1.82, 2.24) is 4.98 Å². The molecule has 1 aromatic carbocycles. The van der Waals surface area contributed by atoms with Crippen molar-refractivity contribution in [2.75, 3.05) is 0 Å². The first-order valence-electron chi connectivity index (χ1n) is 5.09. The van der Waals surface area contributed by atoms with E-state index in [-0.39, 0.29) is 0 Å². The molecule has 0 N–H and O–H groups in total. The lowest BCUT2D eigenvalue weighted by molar-refractivity contribution is 1.02. The second kappa shape index (κ2) is 3.41. The van der Waals surface area contributed by atoms with Gasteiger partial charge in [0.2, 0.25) is 0 Å². The SMILES string of the molecule is CCc1nc2ccccc2c(C)c1C. The van der Waals surface area contributed by atoms with Crippen molar-refractivity contribution in [2.24, 2.45) is 0 Å². The third kappa shape index (κ3) is 1.29. The molecular weight excluding hydrogens is 170 g/mol. The van der Waals surface area contributed by atoms with E-state index in [1.165, 1.54) is 22.2 Å². The van der Waals surface area contributed by atoms with E-state index in [2.05, 4.69) is 44.0 Å². The summed E-state index contributed by atoms with van der Waals surface area (Å²) in [5, 5.41) is 1.28. The van der Waals surface area contributed by atoms with E-state index in [0.29, 0.717) is 0 Å². The summed E-state index contributed by atoms with van der Waals surface area (Å²) in [5.74, 6) is 0. The van der Waals surface area contributed by atoms with Crippen LogP contribution in [0.25, 0.3) is 10.9 Å². The number of benzene rings is 1. The molecule has 0 atom stereocenters. The van der Waals surface area contributed by atoms with E-state index in [9.17, 15) is 0 Å². The maximum atomic E-state index is 4.65. The zero-order valence-corrected chi connectivity index (χ0v) is 8.96. The monoisotopic (exact) mass is 185 g/mol. The quantitative estimate of drug-likeness (QED) is 0.663. The molecule has 0 aliphatic heterocycles. The van der Waals surface area contributed by atoms with Gasteiger partial charge in [0, 0.05) is 11.1 Å². The van der Waals surface area contributed by atoms with Crippen molar-refractivity contribution >= 4 is 10.9 Å². The Labute approximate surface area is 84.8 Å². The molecule has 0 saturated carbocycles. The molecule has 0 amide bonds. The van der Waals surface area contributed by atoms with E-state index in [4.69, 9.17) is 0 Å². The van der Waals surface area contributed by atoms with Gasteiger partial charge in [-0.1, -0.05) is 25.1 Å². The molecule has 1 aromatic heterocycles. The minimum Gasteiger partial charge on any atom is -0.253 e. The van der Waals surface area contributed by atoms with Crippen molar-refractivity contribution in [3.05, 3.63) is 41.1 Å². The van der Waals surface area contributed by atoms with Gasteiger partial charge in [0.15, 0.2) is 0 Å². The summed E-state index contributed by atoms with van der Waals surface area (Å²) in [5.41, 5.74) is 5.05. The van der Waals surface area contributed by atoms with Gasteiger partial charge in [0.25, 0.3) is 0 Å². The fourth-order valence-corrected chi connectivity index (χ4v) is 1.88. The van der Waals surface area contributed by atoms with Gasteiger partial charge in [-0.3, -0.25) is 4.98 Å². The highest BCUT2D eigenvalue weighted by molar-refractivity contribution is 5.83. The molecule has 0 spiro atoms. The van der Waals surface area contributed by atoms with Gasteiger partial charge < -0.3 is 0 Å². The molecule has 0 saturated heterocycles. The first kappa shape index (κ1) is 9.20. The number of para-hydroxylation sites is 1. The standard InChI is InChI=1S/C13H15N/c1-4-12-10(3)9(2)11-7-5-6-8-13(11)14-12/h5-8H,4H2,1-3H3. The molecule has 14 heavy (non-hydrogen) atoms. The summed E-state index contributed by atoms with van der Waals surface area (Å²) in [6.07, 6.45) is 1.01. The number of rotatable bonds is 1. The number of nitrogens with zero attached hydrogens (tertiary/aromatic N) is 1. The van der Waals surface area contributed by atoms with Crippen LogP contribution in [-0.4, -0.2) is 4.98 Å². The minimum absolute atomic E-state index is 1.01. The molecule has 1 heterocycles. The zero-order chi connectivity index (χ0) is 10.1. The number of aryl methyl sites for hydroxylation is 2. The van der Waals surface area contributed by atoms with Gasteiger partial charge in [0.05, 0.1) is 5.52 Å². The summed E-state index contributed by atoms with van der Waals surface area (Å²) >= 11 is 0. The largest absolute Gasteiger partial charge is 0.253 e. The summed E-state index contributed by atoms with van der Waals surface area (Å²) in [6, 6.07) is 8.34. The number of pyridine rings is 1. The van der Waals surface area contributed by atoms with E-state index in [1.807, 2.05) is 6.07 Å². The predicted molar refractivity (Wildman–Crippen MR) is 60.6 cm³/mol. The lowest BCUT2D eigenvalue weighted by atomic mass is 10.0. The summed E-state index contributed by atoms with van der Waals surface area (Å²) in [4.78, 5) is 4.65. The Morgan fingerprint density at radius 1 is 1.07 bits per heavy atom. The van der Waals surface area contributed by atoms with E-state index in [1.54, 1.807) is 0 Å². The topological polar surface area (TPSA) is 12.9 Å². The number of fused-ring (bicyclic) bond motifs is 1. The molecule has 0 unspecified atom stereocenters. The van der Waals surface area contributed by atoms with Crippen LogP contribution in [-0.2, 0) is 6.42 Å². The summed E-state index contributed by atoms with van der Waals surface area (Å²) in [6.45, 7) is 6.50. The van der Waals surface area contributed by atoms with Crippen LogP contribution < -0.4 is 0 Å². The summed E-state index contributed by atoms with van der Waals surface area (Å²) < 4.78 is 0. The van der Waals surface area contributed by atoms with Gasteiger partial charge in [-0.25, -0.2) is 0 Å². The first-order valence-corrected chi connectivity index (χ1v) is 5.09. The van der Waals surface area contributed by atoms with Crippen LogP contribution in [0.4, 0.5) is 0 Å². The Kier molecular flexibility index (Phi) is 2.24. The zero-order valence-electron chi connectivity index (χ0n) is 8.96. The Bertz CT molecular complexity index is 472. The lowest BCUT2D eigenvalue weighted by Gasteiger charge is -2.09. The van der Waals surface area contributed by atoms with Crippen molar-refractivity contribution in [1.29, 1.82) is 0 Å². The third-order valence-corrected chi connectivity index (χ3v) is 2.89. The number of aromatic nitrogens is 1. The van der Waals surface area contributed by atoms with Gasteiger partial charge >= 0.3 is 0 Å². The Morgan fingerprint density at radius 3 is 2.50 bits per heavy atom. The molecule has 0 fully saturated rings. The summed E-state index contributed by atoms with van der Waals surface area (Å²) in [7, 11) is 0. The van der Waals surface area contributed by atoms with Gasteiger partial charge in [0.1, 0.15) is 0 Å². The molecule has 72 valence electrons. The van der Waals surface area contributed by atoms with Crippen molar-refractivity contribution in [3.8, 4) is 0 Å². The highest BCUT2D eigenvalue weighted by Crippen LogP contribution is 2.21. The van der Waals surface area contributed by atoms with Gasteiger partial charge in [-0.15, -0.1) is 0 Å². The van der Waals surface area contributed by atoms with Crippen LogP contribution >= 0.6 is 0 Å². The normalized spacial score (nSPS) is 10.8. The van der Waals surface area contributed by atoms with Gasteiger partial charge in [-0.2, -0.15) is 0 Å². The Hall–Kier alpha value is -1.37. The Morgan fingerprint density at radius 2 is 1.79 bits per heavy atom. The molecule has 0 aliphatic rings. The Balaban J connectivity index is 2.85. The van der Waals surface area contributed by atoms with E-state index >= 15 is 0 Å². The molecule has 0 aliphatic carbocycles. The van der Waals surface area contributed by atoms with Crippen molar-refractivity contribution in [2.45, 2.75) is 27.2 Å². The molecule has 0 bridgehead atoms. The molecule has 2 rings (SSSR count). The van der Waals surface area contributed by atoms with Gasteiger partial charge in [-0.05, 0) is 37.5 Å². The minimum atomic E-state index is 1.01. The van der Waals surface area contributed by atoms with Crippen molar-refractivity contribution in [3.63, 3.8) is 0 Å². The van der Waals surface area contributed by atoms with Crippen LogP contribution in [0.3, 0.4) is 0 Å². The average molecular weight is 185 g/mol. The van der Waals surface area contributed by atoms with Crippen LogP contribution in [0.5, 0.6) is 0 Å². The lowest BCUT2D eigenvalue weighted by Crippen LogP contribution is -1.96. The molecule has 0 radical (unpaired) electrons. The maximum Gasteiger partial charge on any atom is 0.0708 e. The van der Waals surface area contributed by atoms with Crippen LogP contribution in [0.1, 0.15) is 23.7 Å². The molecular formula is C13H15N. The number of hydrogen-bond acceptors (Lipinski definition) is 1.